The highest BCUT2D eigenvalue weighted by atomic mass is 19.2. The Kier molecular flexibility index (Phi) is 4.70. The molecule has 0 unspecified atom stereocenters. The fourth-order valence-electron chi connectivity index (χ4n) is 2.73. The number of rotatable bonds is 4. The number of hydrogen-bond acceptors (Lipinski definition) is 3. The van der Waals surface area contributed by atoms with E-state index in [0.29, 0.717) is 5.57 Å². The molecule has 1 aromatic rings. The fraction of sp³-hybridized carbons (Fsp3) is 0.412. The van der Waals surface area contributed by atoms with Gasteiger partial charge in [0.1, 0.15) is 6.61 Å². The van der Waals surface area contributed by atoms with Crippen molar-refractivity contribution in [1.82, 2.24) is 0 Å². The number of carbonyl (C=O) groups is 1. The molecule has 1 saturated carbocycles. The normalized spacial score (nSPS) is 22.0. The van der Waals surface area contributed by atoms with E-state index in [-0.39, 0.29) is 12.0 Å². The van der Waals surface area contributed by atoms with Gasteiger partial charge >= 0.3 is 5.97 Å². The molecule has 0 spiro atoms. The molecular formula is C17H15F4NO2. The lowest BCUT2D eigenvalue weighted by Gasteiger charge is -2.09. The summed E-state index contributed by atoms with van der Waals surface area (Å²) in [7, 11) is 0. The third-order valence-electron chi connectivity index (χ3n) is 4.33. The second-order valence-corrected chi connectivity index (χ2v) is 6.34. The van der Waals surface area contributed by atoms with Crippen molar-refractivity contribution in [3.05, 3.63) is 46.5 Å². The molecular weight excluding hydrogens is 326 g/mol. The van der Waals surface area contributed by atoms with Crippen LogP contribution in [0.1, 0.15) is 26.3 Å². The molecule has 0 heterocycles. The first-order valence-electron chi connectivity index (χ1n) is 7.18. The van der Waals surface area contributed by atoms with Gasteiger partial charge in [-0.1, -0.05) is 19.9 Å². The molecule has 2 atom stereocenters. The molecule has 0 saturated heterocycles. The summed E-state index contributed by atoms with van der Waals surface area (Å²) in [5.74, 6) is -7.87. The molecule has 0 N–H and O–H groups in total. The van der Waals surface area contributed by atoms with Crippen molar-refractivity contribution in [2.75, 3.05) is 0 Å². The third-order valence-corrected chi connectivity index (χ3v) is 4.33. The van der Waals surface area contributed by atoms with Crippen LogP contribution in [0.2, 0.25) is 0 Å². The Morgan fingerprint density at radius 3 is 2.33 bits per heavy atom. The van der Waals surface area contributed by atoms with E-state index >= 15 is 0 Å². The number of allylic oxidation sites excluding steroid dienone is 2. The Bertz CT molecular complexity index is 739. The summed E-state index contributed by atoms with van der Waals surface area (Å²) >= 11 is 0. The predicted octanol–water partition coefficient (Wildman–Crippen LogP) is 4.03. The number of ether oxygens (including phenoxy) is 1. The zero-order chi connectivity index (χ0) is 18.2. The summed E-state index contributed by atoms with van der Waals surface area (Å²) in [6.45, 7) is 4.25. The summed E-state index contributed by atoms with van der Waals surface area (Å²) in [6, 6.07) is 2.03. The van der Waals surface area contributed by atoms with E-state index in [0.717, 1.165) is 0 Å². The molecule has 0 aliphatic heterocycles. The van der Waals surface area contributed by atoms with Gasteiger partial charge in [0.05, 0.1) is 17.6 Å². The Morgan fingerprint density at radius 2 is 1.83 bits per heavy atom. The zero-order valence-electron chi connectivity index (χ0n) is 13.3. The Morgan fingerprint density at radius 1 is 1.29 bits per heavy atom. The van der Waals surface area contributed by atoms with E-state index in [1.54, 1.807) is 26.8 Å². The zero-order valence-corrected chi connectivity index (χ0v) is 13.3. The maximum absolute atomic E-state index is 13.5. The van der Waals surface area contributed by atoms with Gasteiger partial charge in [0, 0.05) is 11.6 Å². The van der Waals surface area contributed by atoms with Crippen LogP contribution in [0.4, 0.5) is 17.6 Å². The lowest BCUT2D eigenvalue weighted by atomic mass is 10.1. The summed E-state index contributed by atoms with van der Waals surface area (Å²) in [5, 5.41) is 8.78. The molecule has 1 aliphatic rings. The highest BCUT2D eigenvalue weighted by Gasteiger charge is 2.61. The molecule has 0 radical (unpaired) electrons. The monoisotopic (exact) mass is 341 g/mol. The van der Waals surface area contributed by atoms with Gasteiger partial charge in [0.25, 0.3) is 0 Å². The molecule has 3 nitrogen and oxygen atoms in total. The van der Waals surface area contributed by atoms with Crippen molar-refractivity contribution in [1.29, 1.82) is 5.26 Å². The summed E-state index contributed by atoms with van der Waals surface area (Å²) in [4.78, 5) is 12.1. The van der Waals surface area contributed by atoms with E-state index in [9.17, 15) is 22.4 Å². The van der Waals surface area contributed by atoms with E-state index in [4.69, 9.17) is 10.00 Å². The molecule has 2 rings (SSSR count). The minimum Gasteiger partial charge on any atom is -0.460 e. The molecule has 0 amide bonds. The number of nitrogens with zero attached hydrogens (tertiary/aromatic N) is 1. The van der Waals surface area contributed by atoms with Crippen LogP contribution in [-0.4, -0.2) is 5.97 Å². The average molecular weight is 341 g/mol. The molecule has 7 heteroatoms. The lowest BCUT2D eigenvalue weighted by molar-refractivity contribution is -0.147. The quantitative estimate of drug-likeness (QED) is 0.360. The van der Waals surface area contributed by atoms with Crippen LogP contribution in [0.15, 0.2) is 17.7 Å². The van der Waals surface area contributed by atoms with Crippen LogP contribution in [0.25, 0.3) is 0 Å². The van der Waals surface area contributed by atoms with Crippen LogP contribution >= 0.6 is 0 Å². The van der Waals surface area contributed by atoms with Gasteiger partial charge in [-0.15, -0.1) is 0 Å². The molecule has 0 aromatic heterocycles. The summed E-state index contributed by atoms with van der Waals surface area (Å²) in [6.07, 6.45) is 1.63. The van der Waals surface area contributed by atoms with Gasteiger partial charge in [0.15, 0.2) is 23.3 Å². The van der Waals surface area contributed by atoms with Gasteiger partial charge in [-0.05, 0) is 18.3 Å². The first kappa shape index (κ1) is 18.0. The maximum Gasteiger partial charge on any atom is 0.310 e. The molecule has 1 aliphatic carbocycles. The summed E-state index contributed by atoms with van der Waals surface area (Å²) < 4.78 is 58.2. The smallest absolute Gasteiger partial charge is 0.310 e. The van der Waals surface area contributed by atoms with Crippen molar-refractivity contribution in [2.45, 2.75) is 27.4 Å². The molecule has 0 bridgehead atoms. The molecule has 1 fully saturated rings. The lowest BCUT2D eigenvalue weighted by Crippen LogP contribution is -2.13. The largest absolute Gasteiger partial charge is 0.460 e. The molecule has 1 aromatic carbocycles. The number of benzene rings is 1. The number of nitriles is 1. The van der Waals surface area contributed by atoms with Crippen molar-refractivity contribution in [3.8, 4) is 6.07 Å². The maximum atomic E-state index is 13.5. The van der Waals surface area contributed by atoms with Crippen molar-refractivity contribution in [2.24, 2.45) is 17.3 Å². The summed E-state index contributed by atoms with van der Waals surface area (Å²) in [5.41, 5.74) is -1.01. The number of halogens is 4. The minimum absolute atomic E-state index is 0.0888. The first-order chi connectivity index (χ1) is 11.1. The van der Waals surface area contributed by atoms with Gasteiger partial charge in [0.2, 0.25) is 0 Å². The number of esters is 1. The molecule has 24 heavy (non-hydrogen) atoms. The van der Waals surface area contributed by atoms with Gasteiger partial charge in [-0.25, -0.2) is 17.6 Å². The predicted molar refractivity (Wildman–Crippen MR) is 76.2 cm³/mol. The van der Waals surface area contributed by atoms with Gasteiger partial charge < -0.3 is 4.74 Å². The van der Waals surface area contributed by atoms with Crippen LogP contribution in [0.5, 0.6) is 0 Å². The minimum atomic E-state index is -1.59. The number of carbonyl (C=O) groups excluding carboxylic acids is 1. The van der Waals surface area contributed by atoms with Crippen molar-refractivity contribution in [3.63, 3.8) is 0 Å². The van der Waals surface area contributed by atoms with Crippen LogP contribution in [-0.2, 0) is 16.1 Å². The van der Waals surface area contributed by atoms with E-state index < -0.39 is 52.7 Å². The van der Waals surface area contributed by atoms with Crippen LogP contribution in [0.3, 0.4) is 0 Å². The van der Waals surface area contributed by atoms with E-state index in [2.05, 4.69) is 0 Å². The number of hydrogen-bond donors (Lipinski definition) is 0. The fourth-order valence-corrected chi connectivity index (χ4v) is 2.73. The highest BCUT2D eigenvalue weighted by molar-refractivity contribution is 5.78. The average Bonchev–Trinajstić information content (AvgIpc) is 3.05. The van der Waals surface area contributed by atoms with E-state index in [1.807, 2.05) is 6.07 Å². The Balaban J connectivity index is 2.12. The highest BCUT2D eigenvalue weighted by Crippen LogP contribution is 2.59. The Labute approximate surface area is 136 Å². The Hall–Kier alpha value is -2.36. The van der Waals surface area contributed by atoms with Crippen molar-refractivity contribution < 1.29 is 27.1 Å². The second-order valence-electron chi connectivity index (χ2n) is 6.34. The first-order valence-corrected chi connectivity index (χ1v) is 7.18. The molecule has 128 valence electrons. The van der Waals surface area contributed by atoms with Gasteiger partial charge in [-0.2, -0.15) is 5.26 Å². The SMILES string of the molecule is CC(C#N)=C[C@@H]1[C@@H](C(=O)OCc2c(F)c(F)cc(F)c2F)C1(C)C. The van der Waals surface area contributed by atoms with Gasteiger partial charge in [-0.3, -0.25) is 4.79 Å². The van der Waals surface area contributed by atoms with Crippen molar-refractivity contribution >= 4 is 5.97 Å². The third kappa shape index (κ3) is 3.14. The topological polar surface area (TPSA) is 50.1 Å². The van der Waals surface area contributed by atoms with Crippen LogP contribution in [0, 0.1) is 51.9 Å². The van der Waals surface area contributed by atoms with Crippen LogP contribution < -0.4 is 0 Å². The second kappa shape index (κ2) is 6.27. The van der Waals surface area contributed by atoms with E-state index in [1.165, 1.54) is 0 Å². The standard InChI is InChI=1S/C17H15F4NO2/c1-8(6-22)4-10-13(17(10,2)3)16(23)24-7-9-14(20)11(18)5-12(19)15(9)21/h4-5,10,13H,7H2,1-3H3/t10-,13+/m1/s1.